The molecule has 8 heteroatoms. The third kappa shape index (κ3) is 4.87. The molecule has 0 saturated carbocycles. The summed E-state index contributed by atoms with van der Waals surface area (Å²) in [6.45, 7) is 6.59. The SMILES string of the molecule is Cc1c(C(=O)NCCC(C)C)oc2c1/C(=N/NS(=O)(=O)c1ccccc1)CCC2. The van der Waals surface area contributed by atoms with Crippen LogP contribution in [0.3, 0.4) is 0 Å². The Kier molecular flexibility index (Phi) is 6.42. The maximum absolute atomic E-state index is 12.5. The molecule has 0 spiro atoms. The summed E-state index contributed by atoms with van der Waals surface area (Å²) >= 11 is 0. The maximum atomic E-state index is 12.5. The van der Waals surface area contributed by atoms with Crippen LogP contribution in [0.5, 0.6) is 0 Å². The molecule has 7 nitrogen and oxygen atoms in total. The molecule has 3 rings (SSSR count). The minimum Gasteiger partial charge on any atom is -0.455 e. The van der Waals surface area contributed by atoms with E-state index >= 15 is 0 Å². The van der Waals surface area contributed by atoms with Crippen LogP contribution in [-0.2, 0) is 16.4 Å². The molecular weight excluding hydrogens is 390 g/mol. The normalized spacial score (nSPS) is 15.4. The molecule has 0 fully saturated rings. The van der Waals surface area contributed by atoms with Crippen molar-refractivity contribution in [2.24, 2.45) is 11.0 Å². The second-order valence-corrected chi connectivity index (χ2v) is 9.27. The first-order chi connectivity index (χ1) is 13.8. The Labute approximate surface area is 171 Å². The highest BCUT2D eigenvalue weighted by atomic mass is 32.2. The predicted octanol–water partition coefficient (Wildman–Crippen LogP) is 3.38. The lowest BCUT2D eigenvalue weighted by Crippen LogP contribution is -2.25. The van der Waals surface area contributed by atoms with Crippen LogP contribution in [0.25, 0.3) is 0 Å². The molecule has 0 unspecified atom stereocenters. The molecular formula is C21H27N3O4S. The molecule has 1 aromatic carbocycles. The van der Waals surface area contributed by atoms with Gasteiger partial charge >= 0.3 is 0 Å². The fourth-order valence-corrected chi connectivity index (χ4v) is 4.17. The molecule has 1 amide bonds. The van der Waals surface area contributed by atoms with Crippen molar-refractivity contribution < 1.29 is 17.6 Å². The number of nitrogens with one attached hydrogen (secondary N) is 2. The Morgan fingerprint density at radius 1 is 1.21 bits per heavy atom. The summed E-state index contributed by atoms with van der Waals surface area (Å²) in [5.74, 6) is 1.21. The minimum atomic E-state index is -3.75. The minimum absolute atomic E-state index is 0.148. The molecule has 2 N–H and O–H groups in total. The Hall–Kier alpha value is -2.61. The maximum Gasteiger partial charge on any atom is 0.287 e. The quantitative estimate of drug-likeness (QED) is 0.674. The van der Waals surface area contributed by atoms with Gasteiger partial charge in [-0.15, -0.1) is 0 Å². The van der Waals surface area contributed by atoms with Crippen molar-refractivity contribution >= 4 is 21.6 Å². The zero-order valence-electron chi connectivity index (χ0n) is 17.0. The van der Waals surface area contributed by atoms with Crippen molar-refractivity contribution in [2.45, 2.75) is 51.3 Å². The van der Waals surface area contributed by atoms with E-state index in [2.05, 4.69) is 29.1 Å². The van der Waals surface area contributed by atoms with Crippen molar-refractivity contribution in [1.29, 1.82) is 0 Å². The number of furan rings is 1. The van der Waals surface area contributed by atoms with Crippen LogP contribution in [0.2, 0.25) is 0 Å². The average Bonchev–Trinajstić information content (AvgIpc) is 3.04. The Balaban J connectivity index is 1.82. The molecule has 29 heavy (non-hydrogen) atoms. The van der Waals surface area contributed by atoms with E-state index in [9.17, 15) is 13.2 Å². The van der Waals surface area contributed by atoms with Gasteiger partial charge < -0.3 is 9.73 Å². The average molecular weight is 418 g/mol. The van der Waals surface area contributed by atoms with Crippen LogP contribution in [0.4, 0.5) is 0 Å². The molecule has 0 saturated heterocycles. The lowest BCUT2D eigenvalue weighted by atomic mass is 9.93. The lowest BCUT2D eigenvalue weighted by molar-refractivity contribution is 0.0921. The van der Waals surface area contributed by atoms with Crippen LogP contribution < -0.4 is 10.1 Å². The summed E-state index contributed by atoms with van der Waals surface area (Å²) in [6.07, 6.45) is 2.97. The van der Waals surface area contributed by atoms with Gasteiger partial charge in [0.15, 0.2) is 5.76 Å². The van der Waals surface area contributed by atoms with E-state index in [0.29, 0.717) is 42.3 Å². The Morgan fingerprint density at radius 3 is 2.62 bits per heavy atom. The van der Waals surface area contributed by atoms with Gasteiger partial charge in [-0.05, 0) is 44.2 Å². The van der Waals surface area contributed by atoms with Gasteiger partial charge in [0.1, 0.15) is 5.76 Å². The highest BCUT2D eigenvalue weighted by Crippen LogP contribution is 2.30. The predicted molar refractivity (Wildman–Crippen MR) is 111 cm³/mol. The number of hydrogen-bond donors (Lipinski definition) is 2. The molecule has 0 bridgehead atoms. The van der Waals surface area contributed by atoms with E-state index in [0.717, 1.165) is 18.4 Å². The van der Waals surface area contributed by atoms with Crippen molar-refractivity contribution in [3.63, 3.8) is 0 Å². The van der Waals surface area contributed by atoms with E-state index in [-0.39, 0.29) is 16.6 Å². The van der Waals surface area contributed by atoms with E-state index in [1.54, 1.807) is 18.2 Å². The van der Waals surface area contributed by atoms with Crippen LogP contribution in [0.15, 0.2) is 44.7 Å². The van der Waals surface area contributed by atoms with E-state index in [4.69, 9.17) is 4.42 Å². The monoisotopic (exact) mass is 417 g/mol. The number of hydrazone groups is 1. The second kappa shape index (κ2) is 8.82. The summed E-state index contributed by atoms with van der Waals surface area (Å²) in [7, 11) is -3.75. The Bertz CT molecular complexity index is 1010. The molecule has 2 aromatic rings. The van der Waals surface area contributed by atoms with Crippen LogP contribution in [0, 0.1) is 12.8 Å². The zero-order chi connectivity index (χ0) is 21.0. The van der Waals surface area contributed by atoms with E-state index in [1.807, 2.05) is 6.92 Å². The molecule has 1 aliphatic rings. The number of benzene rings is 1. The number of rotatable bonds is 7. The number of carbonyl (C=O) groups is 1. The summed E-state index contributed by atoms with van der Waals surface area (Å²) in [5, 5.41) is 7.07. The highest BCUT2D eigenvalue weighted by Gasteiger charge is 2.28. The van der Waals surface area contributed by atoms with Crippen LogP contribution in [0.1, 0.15) is 60.6 Å². The third-order valence-electron chi connectivity index (χ3n) is 4.89. The van der Waals surface area contributed by atoms with Gasteiger partial charge in [0.2, 0.25) is 0 Å². The number of hydrogen-bond acceptors (Lipinski definition) is 5. The largest absolute Gasteiger partial charge is 0.455 e. The number of carbonyl (C=O) groups excluding carboxylic acids is 1. The molecule has 1 aliphatic carbocycles. The summed E-state index contributed by atoms with van der Waals surface area (Å²) < 4.78 is 30.7. The fourth-order valence-electron chi connectivity index (χ4n) is 3.32. The van der Waals surface area contributed by atoms with E-state index in [1.165, 1.54) is 12.1 Å². The van der Waals surface area contributed by atoms with Gasteiger partial charge in [-0.25, -0.2) is 0 Å². The van der Waals surface area contributed by atoms with Crippen molar-refractivity contribution in [2.75, 3.05) is 6.54 Å². The van der Waals surface area contributed by atoms with Gasteiger partial charge in [-0.1, -0.05) is 32.0 Å². The number of sulfonamides is 1. The molecule has 156 valence electrons. The first kappa shape index (κ1) is 21.1. The first-order valence-corrected chi connectivity index (χ1v) is 11.3. The number of aryl methyl sites for hydroxylation is 1. The number of nitrogens with zero attached hydrogens (tertiary/aromatic N) is 1. The van der Waals surface area contributed by atoms with Gasteiger partial charge in [0.25, 0.3) is 15.9 Å². The van der Waals surface area contributed by atoms with Crippen molar-refractivity contribution in [1.82, 2.24) is 10.1 Å². The zero-order valence-corrected chi connectivity index (χ0v) is 17.8. The van der Waals surface area contributed by atoms with Gasteiger partial charge in [-0.2, -0.15) is 18.4 Å². The Morgan fingerprint density at radius 2 is 1.93 bits per heavy atom. The molecule has 1 heterocycles. The molecule has 0 radical (unpaired) electrons. The van der Waals surface area contributed by atoms with Crippen LogP contribution >= 0.6 is 0 Å². The van der Waals surface area contributed by atoms with E-state index < -0.39 is 10.0 Å². The molecule has 0 atom stereocenters. The summed E-state index contributed by atoms with van der Waals surface area (Å²) in [5.41, 5.74) is 2.02. The summed E-state index contributed by atoms with van der Waals surface area (Å²) in [6, 6.07) is 8.09. The van der Waals surface area contributed by atoms with Gasteiger partial charge in [-0.3, -0.25) is 4.79 Å². The van der Waals surface area contributed by atoms with Gasteiger partial charge in [0, 0.05) is 24.1 Å². The molecule has 1 aromatic heterocycles. The lowest BCUT2D eigenvalue weighted by Gasteiger charge is -2.14. The fraction of sp³-hybridized carbons (Fsp3) is 0.429. The topological polar surface area (TPSA) is 101 Å². The molecule has 0 aliphatic heterocycles. The first-order valence-electron chi connectivity index (χ1n) is 9.84. The number of amides is 1. The second-order valence-electron chi connectivity index (χ2n) is 7.61. The van der Waals surface area contributed by atoms with Gasteiger partial charge in [0.05, 0.1) is 10.6 Å². The standard InChI is InChI=1S/C21H27N3O4S/c1-14(2)12-13-22-21(25)20-15(3)19-17(10-7-11-18(19)28-20)23-24-29(26,27)16-8-5-4-6-9-16/h4-6,8-9,14,24H,7,10-13H2,1-3H3,(H,22,25)/b23-17+. The van der Waals surface area contributed by atoms with Crippen molar-refractivity contribution in [3.8, 4) is 0 Å². The summed E-state index contributed by atoms with van der Waals surface area (Å²) in [4.78, 5) is 15.0. The van der Waals surface area contributed by atoms with Crippen molar-refractivity contribution in [3.05, 3.63) is 53.0 Å². The van der Waals surface area contributed by atoms with Crippen LogP contribution in [-0.4, -0.2) is 26.6 Å². The number of fused-ring (bicyclic) bond motifs is 1. The highest BCUT2D eigenvalue weighted by molar-refractivity contribution is 7.89. The third-order valence-corrected chi connectivity index (χ3v) is 6.12. The smallest absolute Gasteiger partial charge is 0.287 e.